The molecule has 5 rings (SSSR count). The summed E-state index contributed by atoms with van der Waals surface area (Å²) in [6.45, 7) is 0.274. The fourth-order valence-electron chi connectivity index (χ4n) is 2.44. The minimum absolute atomic E-state index is 0.274. The maximum Gasteiger partial charge on any atom is 0.277 e. The Bertz CT molecular complexity index is 1040. The summed E-state index contributed by atoms with van der Waals surface area (Å²) < 4.78 is 16.5. The van der Waals surface area contributed by atoms with Crippen LogP contribution in [0.2, 0.25) is 0 Å². The normalized spacial score (nSPS) is 12.6. The maximum absolute atomic E-state index is 5.69. The van der Waals surface area contributed by atoms with E-state index in [4.69, 9.17) is 18.9 Å². The summed E-state index contributed by atoms with van der Waals surface area (Å²) >= 11 is 4.66. The van der Waals surface area contributed by atoms with E-state index in [1.807, 2.05) is 41.1 Å². The Kier molecular flexibility index (Phi) is 4.12. The van der Waals surface area contributed by atoms with Crippen molar-refractivity contribution in [3.63, 3.8) is 0 Å². The van der Waals surface area contributed by atoms with E-state index in [9.17, 15) is 0 Å². The predicted molar refractivity (Wildman–Crippen MR) is 101 cm³/mol. The number of aromatic nitrogens is 3. The lowest BCUT2D eigenvalue weighted by molar-refractivity contribution is 0.174. The molecular weight excluding hydrogens is 390 g/mol. The highest BCUT2D eigenvalue weighted by Crippen LogP contribution is 2.37. The van der Waals surface area contributed by atoms with Gasteiger partial charge in [-0.05, 0) is 29.6 Å². The van der Waals surface area contributed by atoms with Crippen LogP contribution in [0, 0.1) is 0 Å². The summed E-state index contributed by atoms with van der Waals surface area (Å²) in [5.74, 6) is 2.77. The van der Waals surface area contributed by atoms with E-state index in [1.165, 1.54) is 11.8 Å². The van der Waals surface area contributed by atoms with Gasteiger partial charge in [-0.1, -0.05) is 17.8 Å². The van der Waals surface area contributed by atoms with Crippen LogP contribution in [0.1, 0.15) is 5.69 Å². The van der Waals surface area contributed by atoms with E-state index in [2.05, 4.69) is 10.2 Å². The number of benzene rings is 1. The Morgan fingerprint density at radius 2 is 2.04 bits per heavy atom. The number of hydrogen-bond donors (Lipinski definition) is 0. The number of hydrogen-bond acceptors (Lipinski definition) is 9. The molecule has 0 N–H and O–H groups in total. The minimum Gasteiger partial charge on any atom is -0.454 e. The van der Waals surface area contributed by atoms with Gasteiger partial charge in [-0.25, -0.2) is 4.98 Å². The molecule has 0 atom stereocenters. The van der Waals surface area contributed by atoms with Gasteiger partial charge in [-0.2, -0.15) is 0 Å². The first-order valence-electron chi connectivity index (χ1n) is 7.70. The first-order valence-corrected chi connectivity index (χ1v) is 10.4. The van der Waals surface area contributed by atoms with Crippen LogP contribution in [0.25, 0.3) is 21.3 Å². The lowest BCUT2D eigenvalue weighted by atomic mass is 10.2. The zero-order chi connectivity index (χ0) is 17.3. The third-order valence-electron chi connectivity index (χ3n) is 3.65. The van der Waals surface area contributed by atoms with Gasteiger partial charge in [0, 0.05) is 16.7 Å². The first kappa shape index (κ1) is 15.9. The minimum atomic E-state index is 0.274. The van der Waals surface area contributed by atoms with Gasteiger partial charge < -0.3 is 13.9 Å². The van der Waals surface area contributed by atoms with Crippen molar-refractivity contribution in [3.05, 3.63) is 46.8 Å². The molecule has 0 aliphatic carbocycles. The highest BCUT2D eigenvalue weighted by molar-refractivity contribution is 7.98. The van der Waals surface area contributed by atoms with Crippen LogP contribution in [0.15, 0.2) is 50.7 Å². The quantitative estimate of drug-likeness (QED) is 0.439. The van der Waals surface area contributed by atoms with Crippen LogP contribution in [0.4, 0.5) is 0 Å². The second-order valence-electron chi connectivity index (χ2n) is 5.35. The third-order valence-corrected chi connectivity index (χ3v) is 6.30. The predicted octanol–water partition coefficient (Wildman–Crippen LogP) is 4.94. The van der Waals surface area contributed by atoms with E-state index in [0.717, 1.165) is 32.6 Å². The Hall–Kier alpha value is -2.36. The SMILES string of the molecule is c1csc(-c2nnc(SCc3csc(-c4ccc5c(c4)OCO5)n3)o2)c1. The van der Waals surface area contributed by atoms with Crippen molar-refractivity contribution in [3.8, 4) is 32.8 Å². The molecular formula is C17H11N3O3S3. The van der Waals surface area contributed by atoms with E-state index < -0.39 is 0 Å². The van der Waals surface area contributed by atoms with Crippen LogP contribution < -0.4 is 9.47 Å². The summed E-state index contributed by atoms with van der Waals surface area (Å²) in [6.07, 6.45) is 0. The molecule has 0 radical (unpaired) electrons. The number of rotatable bonds is 5. The van der Waals surface area contributed by atoms with Gasteiger partial charge in [-0.3, -0.25) is 0 Å². The molecule has 4 heterocycles. The fourth-order valence-corrected chi connectivity index (χ4v) is 4.66. The number of thiophene rings is 1. The molecule has 3 aromatic heterocycles. The van der Waals surface area contributed by atoms with E-state index in [-0.39, 0.29) is 6.79 Å². The Balaban J connectivity index is 1.27. The molecule has 6 nitrogen and oxygen atoms in total. The number of fused-ring (bicyclic) bond motifs is 1. The summed E-state index contributed by atoms with van der Waals surface area (Å²) in [6, 6.07) is 9.80. The maximum atomic E-state index is 5.69. The topological polar surface area (TPSA) is 70.3 Å². The van der Waals surface area contributed by atoms with Crippen LogP contribution >= 0.6 is 34.4 Å². The van der Waals surface area contributed by atoms with Crippen molar-refractivity contribution >= 4 is 34.4 Å². The number of nitrogens with zero attached hydrogens (tertiary/aromatic N) is 3. The fraction of sp³-hybridized carbons (Fsp3) is 0.118. The van der Waals surface area contributed by atoms with Crippen molar-refractivity contribution in [2.24, 2.45) is 0 Å². The average Bonchev–Trinajstić information content (AvgIpc) is 3.47. The first-order chi connectivity index (χ1) is 12.8. The number of thiazole rings is 1. The van der Waals surface area contributed by atoms with Gasteiger partial charge in [0.05, 0.1) is 10.6 Å². The van der Waals surface area contributed by atoms with Crippen molar-refractivity contribution in [1.29, 1.82) is 0 Å². The standard InChI is InChI=1S/C17H11N3O3S3/c1-2-14(24-5-1)15-19-20-17(23-15)26-8-11-7-25-16(18-11)10-3-4-12-13(6-10)22-9-21-12/h1-7H,8-9H2. The molecule has 0 amide bonds. The van der Waals surface area contributed by atoms with Crippen LogP contribution in [-0.2, 0) is 5.75 Å². The summed E-state index contributed by atoms with van der Waals surface area (Å²) in [4.78, 5) is 5.67. The Morgan fingerprint density at radius 1 is 1.08 bits per heavy atom. The molecule has 1 aliphatic heterocycles. The van der Waals surface area contributed by atoms with Gasteiger partial charge in [-0.15, -0.1) is 32.9 Å². The smallest absolute Gasteiger partial charge is 0.277 e. The van der Waals surface area contributed by atoms with Gasteiger partial charge in [0.1, 0.15) is 5.01 Å². The highest BCUT2D eigenvalue weighted by atomic mass is 32.2. The Morgan fingerprint density at radius 3 is 2.96 bits per heavy atom. The van der Waals surface area contributed by atoms with Crippen molar-refractivity contribution in [2.45, 2.75) is 11.0 Å². The third kappa shape index (κ3) is 3.09. The molecule has 0 spiro atoms. The average molecular weight is 401 g/mol. The lowest BCUT2D eigenvalue weighted by Gasteiger charge is -1.99. The zero-order valence-corrected chi connectivity index (χ0v) is 15.7. The van der Waals surface area contributed by atoms with E-state index in [1.54, 1.807) is 22.7 Å². The second kappa shape index (κ2) is 6.75. The Labute approximate surface area is 160 Å². The number of thioether (sulfide) groups is 1. The van der Waals surface area contributed by atoms with Crippen molar-refractivity contribution in [2.75, 3.05) is 6.79 Å². The van der Waals surface area contributed by atoms with Gasteiger partial charge in [0.2, 0.25) is 6.79 Å². The largest absolute Gasteiger partial charge is 0.454 e. The molecule has 0 saturated carbocycles. The molecule has 0 bridgehead atoms. The van der Waals surface area contributed by atoms with Crippen LogP contribution in [0.3, 0.4) is 0 Å². The molecule has 1 aromatic carbocycles. The molecule has 0 saturated heterocycles. The van der Waals surface area contributed by atoms with Gasteiger partial charge in [0.25, 0.3) is 11.1 Å². The molecule has 0 unspecified atom stereocenters. The number of ether oxygens (including phenoxy) is 2. The molecule has 9 heteroatoms. The summed E-state index contributed by atoms with van der Waals surface area (Å²) in [5, 5.41) is 13.7. The molecule has 1 aliphatic rings. The van der Waals surface area contributed by atoms with Gasteiger partial charge >= 0.3 is 0 Å². The lowest BCUT2D eigenvalue weighted by Crippen LogP contribution is -1.92. The van der Waals surface area contributed by atoms with E-state index in [0.29, 0.717) is 16.9 Å². The zero-order valence-electron chi connectivity index (χ0n) is 13.2. The highest BCUT2D eigenvalue weighted by Gasteiger charge is 2.16. The molecule has 4 aromatic rings. The molecule has 26 heavy (non-hydrogen) atoms. The summed E-state index contributed by atoms with van der Waals surface area (Å²) in [5.41, 5.74) is 2.00. The van der Waals surface area contributed by atoms with Crippen LogP contribution in [-0.4, -0.2) is 22.0 Å². The van der Waals surface area contributed by atoms with Crippen molar-refractivity contribution < 1.29 is 13.9 Å². The molecule has 0 fully saturated rings. The summed E-state index contributed by atoms with van der Waals surface area (Å²) in [7, 11) is 0. The molecule has 130 valence electrons. The second-order valence-corrected chi connectivity index (χ2v) is 8.08. The van der Waals surface area contributed by atoms with Crippen LogP contribution in [0.5, 0.6) is 11.5 Å². The monoisotopic (exact) mass is 401 g/mol. The van der Waals surface area contributed by atoms with E-state index >= 15 is 0 Å². The van der Waals surface area contributed by atoms with Crippen molar-refractivity contribution in [1.82, 2.24) is 15.2 Å². The van der Waals surface area contributed by atoms with Gasteiger partial charge in [0.15, 0.2) is 11.5 Å².